The summed E-state index contributed by atoms with van der Waals surface area (Å²) in [5.74, 6) is 0.111. The number of nitrogens with zero attached hydrogens (tertiary/aromatic N) is 2. The van der Waals surface area contributed by atoms with E-state index in [9.17, 15) is 14.9 Å². The lowest BCUT2D eigenvalue weighted by molar-refractivity contribution is -0.152. The van der Waals surface area contributed by atoms with E-state index in [1.165, 1.54) is 7.11 Å². The Balaban J connectivity index is 1.93. The van der Waals surface area contributed by atoms with Crippen molar-refractivity contribution in [2.24, 2.45) is 17.3 Å². The minimum atomic E-state index is -0.794. The highest BCUT2D eigenvalue weighted by molar-refractivity contribution is 5.87. The van der Waals surface area contributed by atoms with Gasteiger partial charge in [-0.1, -0.05) is 6.92 Å². The lowest BCUT2D eigenvalue weighted by Gasteiger charge is -2.43. The van der Waals surface area contributed by atoms with E-state index in [2.05, 4.69) is 13.0 Å². The monoisotopic (exact) mass is 264 g/mol. The first-order valence-electron chi connectivity index (χ1n) is 6.81. The Morgan fingerprint density at radius 2 is 1.89 bits per heavy atom. The number of carbonyl (C=O) groups excluding carboxylic acids is 2. The molecule has 2 rings (SSSR count). The third-order valence-electron chi connectivity index (χ3n) is 4.33. The molecule has 1 aliphatic carbocycles. The van der Waals surface area contributed by atoms with Gasteiger partial charge in [-0.25, -0.2) is 0 Å². The fraction of sp³-hybridized carbons (Fsp3) is 0.786. The van der Waals surface area contributed by atoms with Crippen LogP contribution in [0.4, 0.5) is 0 Å². The van der Waals surface area contributed by atoms with Gasteiger partial charge in [0.05, 0.1) is 19.1 Å². The molecular weight excluding hydrogens is 244 g/mol. The van der Waals surface area contributed by atoms with Crippen LogP contribution in [-0.2, 0) is 14.3 Å². The third kappa shape index (κ3) is 2.44. The van der Waals surface area contributed by atoms with Crippen LogP contribution in [0.15, 0.2) is 0 Å². The van der Waals surface area contributed by atoms with E-state index < -0.39 is 5.41 Å². The Kier molecular flexibility index (Phi) is 3.79. The van der Waals surface area contributed by atoms with E-state index in [-0.39, 0.29) is 17.8 Å². The first-order chi connectivity index (χ1) is 9.02. The van der Waals surface area contributed by atoms with Crippen LogP contribution in [-0.4, -0.2) is 37.0 Å². The predicted molar refractivity (Wildman–Crippen MR) is 67.8 cm³/mol. The van der Waals surface area contributed by atoms with Crippen LogP contribution < -0.4 is 0 Å². The number of methoxy groups -OCH3 is 1. The second kappa shape index (κ2) is 5.20. The Morgan fingerprint density at radius 3 is 2.32 bits per heavy atom. The Hall–Kier alpha value is -1.57. The van der Waals surface area contributed by atoms with Crippen molar-refractivity contribution in [3.05, 3.63) is 0 Å². The van der Waals surface area contributed by atoms with Crippen molar-refractivity contribution in [1.29, 1.82) is 5.26 Å². The van der Waals surface area contributed by atoms with Gasteiger partial charge in [0.1, 0.15) is 5.41 Å². The largest absolute Gasteiger partial charge is 0.469 e. The summed E-state index contributed by atoms with van der Waals surface area (Å²) in [6.07, 6.45) is 2.60. The standard InChI is InChI=1S/C14H20N2O3/c1-10-7-14(8-10,9-15)13(18)16-5-3-11(4-6-16)12(17)19-2/h10-11H,3-8H2,1-2H3. The highest BCUT2D eigenvalue weighted by atomic mass is 16.5. The molecule has 2 fully saturated rings. The van der Waals surface area contributed by atoms with Crippen molar-refractivity contribution in [3.63, 3.8) is 0 Å². The van der Waals surface area contributed by atoms with Gasteiger partial charge in [0, 0.05) is 13.1 Å². The summed E-state index contributed by atoms with van der Waals surface area (Å²) in [4.78, 5) is 25.6. The van der Waals surface area contributed by atoms with Gasteiger partial charge in [-0.15, -0.1) is 0 Å². The number of likely N-dealkylation sites (tertiary alicyclic amines) is 1. The molecular formula is C14H20N2O3. The average Bonchev–Trinajstić information content (AvgIpc) is 2.42. The molecule has 0 radical (unpaired) electrons. The van der Waals surface area contributed by atoms with Crippen LogP contribution >= 0.6 is 0 Å². The Labute approximate surface area is 113 Å². The fourth-order valence-corrected chi connectivity index (χ4v) is 3.23. The van der Waals surface area contributed by atoms with E-state index >= 15 is 0 Å². The minimum absolute atomic E-state index is 0.0450. The maximum absolute atomic E-state index is 12.4. The molecule has 0 unspecified atom stereocenters. The van der Waals surface area contributed by atoms with Crippen molar-refractivity contribution in [2.45, 2.75) is 32.6 Å². The molecule has 1 aliphatic heterocycles. The molecule has 0 atom stereocenters. The number of hydrogen-bond donors (Lipinski definition) is 0. The van der Waals surface area contributed by atoms with Gasteiger partial charge in [0.2, 0.25) is 5.91 Å². The van der Waals surface area contributed by atoms with Crippen LogP contribution in [0.3, 0.4) is 0 Å². The average molecular weight is 264 g/mol. The Morgan fingerprint density at radius 1 is 1.32 bits per heavy atom. The molecule has 1 saturated carbocycles. The predicted octanol–water partition coefficient (Wildman–Crippen LogP) is 1.34. The van der Waals surface area contributed by atoms with E-state index in [0.29, 0.717) is 44.7 Å². The van der Waals surface area contributed by atoms with Crippen LogP contribution in [0.1, 0.15) is 32.6 Å². The summed E-state index contributed by atoms with van der Waals surface area (Å²) in [5.41, 5.74) is -0.794. The smallest absolute Gasteiger partial charge is 0.308 e. The van der Waals surface area contributed by atoms with Gasteiger partial charge in [0.15, 0.2) is 0 Å². The number of piperidine rings is 1. The Bertz CT molecular complexity index is 413. The van der Waals surface area contributed by atoms with Crippen molar-refractivity contribution in [2.75, 3.05) is 20.2 Å². The molecule has 5 nitrogen and oxygen atoms in total. The molecule has 2 aliphatic rings. The number of esters is 1. The molecule has 0 aromatic heterocycles. The van der Waals surface area contributed by atoms with E-state index in [4.69, 9.17) is 4.74 Å². The summed E-state index contributed by atoms with van der Waals surface area (Å²) >= 11 is 0. The van der Waals surface area contributed by atoms with Crippen molar-refractivity contribution in [1.82, 2.24) is 4.90 Å². The van der Waals surface area contributed by atoms with Gasteiger partial charge in [0.25, 0.3) is 0 Å². The van der Waals surface area contributed by atoms with Crippen molar-refractivity contribution < 1.29 is 14.3 Å². The van der Waals surface area contributed by atoms with E-state index in [0.717, 1.165) is 0 Å². The molecule has 1 saturated heterocycles. The normalized spacial score (nSPS) is 31.2. The van der Waals surface area contributed by atoms with Gasteiger partial charge < -0.3 is 9.64 Å². The first-order valence-corrected chi connectivity index (χ1v) is 6.81. The van der Waals surface area contributed by atoms with E-state index in [1.54, 1.807) is 4.90 Å². The second-order valence-corrected chi connectivity index (χ2v) is 5.80. The summed E-state index contributed by atoms with van der Waals surface area (Å²) in [7, 11) is 1.39. The van der Waals surface area contributed by atoms with Gasteiger partial charge in [-0.3, -0.25) is 9.59 Å². The first kappa shape index (κ1) is 13.9. The SMILES string of the molecule is COC(=O)C1CCN(C(=O)C2(C#N)CC(C)C2)CC1. The number of rotatable bonds is 2. The maximum atomic E-state index is 12.4. The summed E-state index contributed by atoms with van der Waals surface area (Å²) in [6, 6.07) is 2.20. The second-order valence-electron chi connectivity index (χ2n) is 5.80. The number of hydrogen-bond acceptors (Lipinski definition) is 4. The zero-order valence-electron chi connectivity index (χ0n) is 11.5. The highest BCUT2D eigenvalue weighted by Gasteiger charge is 2.51. The zero-order chi connectivity index (χ0) is 14.0. The number of nitriles is 1. The van der Waals surface area contributed by atoms with Crippen LogP contribution in [0.25, 0.3) is 0 Å². The maximum Gasteiger partial charge on any atom is 0.308 e. The van der Waals surface area contributed by atoms with Crippen molar-refractivity contribution in [3.8, 4) is 6.07 Å². The summed E-state index contributed by atoms with van der Waals surface area (Å²) in [6.45, 7) is 3.17. The zero-order valence-corrected chi connectivity index (χ0v) is 11.5. The summed E-state index contributed by atoms with van der Waals surface area (Å²) < 4.78 is 4.73. The van der Waals surface area contributed by atoms with E-state index in [1.807, 2.05) is 0 Å². The number of carbonyl (C=O) groups is 2. The fourth-order valence-electron chi connectivity index (χ4n) is 3.23. The molecule has 0 N–H and O–H groups in total. The molecule has 19 heavy (non-hydrogen) atoms. The lowest BCUT2D eigenvalue weighted by atomic mass is 9.62. The number of amides is 1. The molecule has 0 aromatic rings. The quantitative estimate of drug-likeness (QED) is 0.706. The third-order valence-corrected chi connectivity index (χ3v) is 4.33. The molecule has 104 valence electrons. The van der Waals surface area contributed by atoms with Gasteiger partial charge in [-0.05, 0) is 31.6 Å². The molecule has 1 amide bonds. The van der Waals surface area contributed by atoms with Gasteiger partial charge in [-0.2, -0.15) is 5.26 Å². The van der Waals surface area contributed by atoms with Crippen LogP contribution in [0.5, 0.6) is 0 Å². The highest BCUT2D eigenvalue weighted by Crippen LogP contribution is 2.46. The molecule has 5 heteroatoms. The van der Waals surface area contributed by atoms with Crippen molar-refractivity contribution >= 4 is 11.9 Å². The number of ether oxygens (including phenoxy) is 1. The topological polar surface area (TPSA) is 70.4 Å². The molecule has 0 bridgehead atoms. The molecule has 0 aromatic carbocycles. The molecule has 0 spiro atoms. The lowest BCUT2D eigenvalue weighted by Crippen LogP contribution is -2.52. The van der Waals surface area contributed by atoms with Crippen LogP contribution in [0, 0.1) is 28.6 Å². The minimum Gasteiger partial charge on any atom is -0.469 e. The summed E-state index contributed by atoms with van der Waals surface area (Å²) in [5, 5.41) is 9.26. The van der Waals surface area contributed by atoms with Gasteiger partial charge >= 0.3 is 5.97 Å². The van der Waals surface area contributed by atoms with Crippen LogP contribution in [0.2, 0.25) is 0 Å². The molecule has 1 heterocycles.